The van der Waals surface area contributed by atoms with Gasteiger partial charge >= 0.3 is 12.1 Å². The summed E-state index contributed by atoms with van der Waals surface area (Å²) in [5.74, 6) is -2.44. The second-order valence-electron chi connectivity index (χ2n) is 7.13. The van der Waals surface area contributed by atoms with Crippen LogP contribution in [-0.4, -0.2) is 70.8 Å². The third-order valence-corrected chi connectivity index (χ3v) is 4.92. The first-order chi connectivity index (χ1) is 14.4. The highest BCUT2D eigenvalue weighted by Crippen LogP contribution is 2.21. The number of imide groups is 1. The zero-order valence-corrected chi connectivity index (χ0v) is 16.6. The summed E-state index contributed by atoms with van der Waals surface area (Å²) in [6.07, 6.45) is 0.238. The van der Waals surface area contributed by atoms with E-state index in [9.17, 15) is 24.0 Å². The summed E-state index contributed by atoms with van der Waals surface area (Å²) in [6.45, 7) is 0.112. The Bertz CT molecular complexity index is 826. The van der Waals surface area contributed by atoms with Crippen LogP contribution >= 0.6 is 0 Å². The molecule has 10 heteroatoms. The maximum absolute atomic E-state index is 12.6. The van der Waals surface area contributed by atoms with Gasteiger partial charge in [0.1, 0.15) is 19.2 Å². The van der Waals surface area contributed by atoms with E-state index in [1.54, 1.807) is 0 Å². The normalized spacial score (nSPS) is 18.5. The molecule has 0 N–H and O–H groups in total. The maximum atomic E-state index is 12.6. The minimum absolute atomic E-state index is 0.00465. The van der Waals surface area contributed by atoms with Gasteiger partial charge in [0.05, 0.1) is 0 Å². The summed E-state index contributed by atoms with van der Waals surface area (Å²) in [6, 6.07) is 8.22. The fourth-order valence-electron chi connectivity index (χ4n) is 3.31. The lowest BCUT2D eigenvalue weighted by molar-refractivity contribution is -0.200. The molecule has 30 heavy (non-hydrogen) atoms. The van der Waals surface area contributed by atoms with Crippen LogP contribution in [-0.2, 0) is 35.4 Å². The Kier molecular flexibility index (Phi) is 6.65. The number of likely N-dealkylation sites (N-methyl/N-ethyl adjacent to an activating group) is 1. The molecular weight excluding hydrogens is 394 g/mol. The quantitative estimate of drug-likeness (QED) is 0.631. The molecule has 3 rings (SSSR count). The van der Waals surface area contributed by atoms with Crippen LogP contribution in [0.5, 0.6) is 0 Å². The largest absolute Gasteiger partial charge is 0.445 e. The van der Waals surface area contributed by atoms with Gasteiger partial charge in [0.15, 0.2) is 0 Å². The fraction of sp³-hybridized carbons (Fsp3) is 0.450. The van der Waals surface area contributed by atoms with Crippen molar-refractivity contribution in [1.29, 1.82) is 0 Å². The lowest BCUT2D eigenvalue weighted by atomic mass is 10.2. The number of hydroxylamine groups is 2. The summed E-state index contributed by atoms with van der Waals surface area (Å²) in [5.41, 5.74) is 0.818. The number of hydrogen-bond donors (Lipinski definition) is 0. The topological polar surface area (TPSA) is 114 Å². The SMILES string of the molecule is CN(CC(=O)N1CCC[C@H]1C(=O)ON1C(=O)CCC1=O)C(=O)OCc1ccccc1. The van der Waals surface area contributed by atoms with Crippen LogP contribution in [0.1, 0.15) is 31.2 Å². The predicted molar refractivity (Wildman–Crippen MR) is 101 cm³/mol. The van der Waals surface area contributed by atoms with Gasteiger partial charge in [0.2, 0.25) is 5.91 Å². The molecule has 10 nitrogen and oxygen atoms in total. The molecule has 0 spiro atoms. The minimum atomic E-state index is -0.910. The number of rotatable bonds is 6. The third-order valence-electron chi connectivity index (χ3n) is 4.92. The van der Waals surface area contributed by atoms with Crippen LogP contribution in [0.3, 0.4) is 0 Å². The van der Waals surface area contributed by atoms with Gasteiger partial charge in [-0.15, -0.1) is 5.06 Å². The number of likely N-dealkylation sites (tertiary alicyclic amines) is 1. The Hall–Kier alpha value is -3.43. The highest BCUT2D eigenvalue weighted by atomic mass is 16.7. The van der Waals surface area contributed by atoms with E-state index >= 15 is 0 Å². The number of ether oxygens (including phenoxy) is 1. The van der Waals surface area contributed by atoms with Crippen molar-refractivity contribution in [2.24, 2.45) is 0 Å². The third kappa shape index (κ3) is 4.94. The average Bonchev–Trinajstić information content (AvgIpc) is 3.35. The molecule has 0 aliphatic carbocycles. The van der Waals surface area contributed by atoms with Gasteiger partial charge in [-0.05, 0) is 18.4 Å². The summed E-state index contributed by atoms with van der Waals surface area (Å²) in [5, 5.41) is 0.469. The summed E-state index contributed by atoms with van der Waals surface area (Å²) >= 11 is 0. The summed E-state index contributed by atoms with van der Waals surface area (Å²) < 4.78 is 5.18. The molecule has 0 saturated carbocycles. The van der Waals surface area contributed by atoms with Crippen molar-refractivity contribution in [3.05, 3.63) is 35.9 Å². The molecule has 2 saturated heterocycles. The number of carbonyl (C=O) groups excluding carboxylic acids is 5. The van der Waals surface area contributed by atoms with Gasteiger partial charge in [-0.3, -0.25) is 14.4 Å². The molecular formula is C20H23N3O7. The van der Waals surface area contributed by atoms with E-state index in [-0.39, 0.29) is 26.0 Å². The van der Waals surface area contributed by atoms with Crippen molar-refractivity contribution < 1.29 is 33.5 Å². The van der Waals surface area contributed by atoms with Crippen molar-refractivity contribution in [2.45, 2.75) is 38.3 Å². The monoisotopic (exact) mass is 417 g/mol. The second kappa shape index (κ2) is 9.38. The number of nitrogens with zero attached hydrogens (tertiary/aromatic N) is 3. The van der Waals surface area contributed by atoms with Crippen molar-refractivity contribution in [3.8, 4) is 0 Å². The van der Waals surface area contributed by atoms with Crippen LogP contribution in [0.15, 0.2) is 30.3 Å². The van der Waals surface area contributed by atoms with Crippen LogP contribution in [0, 0.1) is 0 Å². The molecule has 160 valence electrons. The molecule has 0 aromatic heterocycles. The Labute approximate surface area is 173 Å². The molecule has 1 aromatic carbocycles. The molecule has 2 aliphatic heterocycles. The number of hydrogen-bond acceptors (Lipinski definition) is 7. The van der Waals surface area contributed by atoms with E-state index < -0.39 is 35.8 Å². The first kappa shape index (κ1) is 21.3. The highest BCUT2D eigenvalue weighted by molar-refractivity contribution is 6.02. The average molecular weight is 417 g/mol. The van der Waals surface area contributed by atoms with Crippen LogP contribution in [0.2, 0.25) is 0 Å². The van der Waals surface area contributed by atoms with E-state index in [4.69, 9.17) is 9.57 Å². The van der Waals surface area contributed by atoms with Crippen molar-refractivity contribution in [1.82, 2.24) is 14.9 Å². The van der Waals surface area contributed by atoms with Crippen molar-refractivity contribution in [2.75, 3.05) is 20.1 Å². The standard InChI is InChI=1S/C20H23N3O7/c1-21(20(28)29-13-14-6-3-2-4-7-14)12-18(26)22-11-5-8-15(22)19(27)30-23-16(24)9-10-17(23)25/h2-4,6-7,15H,5,8-13H2,1H3/t15-/m0/s1. The van der Waals surface area contributed by atoms with E-state index in [2.05, 4.69) is 0 Å². The first-order valence-corrected chi connectivity index (χ1v) is 9.65. The van der Waals surface area contributed by atoms with Gasteiger partial charge in [-0.25, -0.2) is 9.59 Å². The molecule has 0 radical (unpaired) electrons. The second-order valence-corrected chi connectivity index (χ2v) is 7.13. The van der Waals surface area contributed by atoms with Crippen molar-refractivity contribution >= 4 is 29.8 Å². The van der Waals surface area contributed by atoms with Gasteiger partial charge in [0.25, 0.3) is 11.8 Å². The smallest absolute Gasteiger partial charge is 0.410 e. The Morgan fingerprint density at radius 2 is 1.77 bits per heavy atom. The van der Waals surface area contributed by atoms with Crippen molar-refractivity contribution in [3.63, 3.8) is 0 Å². The van der Waals surface area contributed by atoms with E-state index in [1.165, 1.54) is 11.9 Å². The van der Waals surface area contributed by atoms with E-state index in [1.807, 2.05) is 30.3 Å². The van der Waals surface area contributed by atoms with Gasteiger partial charge in [0, 0.05) is 26.4 Å². The zero-order chi connectivity index (χ0) is 21.7. The molecule has 2 fully saturated rings. The minimum Gasteiger partial charge on any atom is -0.445 e. The molecule has 2 heterocycles. The molecule has 1 atom stereocenters. The highest BCUT2D eigenvalue weighted by Gasteiger charge is 2.40. The van der Waals surface area contributed by atoms with Gasteiger partial charge < -0.3 is 19.4 Å². The Morgan fingerprint density at radius 3 is 2.43 bits per heavy atom. The van der Waals surface area contributed by atoms with Crippen LogP contribution in [0.25, 0.3) is 0 Å². The number of amides is 4. The maximum Gasteiger partial charge on any atom is 0.410 e. The van der Waals surface area contributed by atoms with Gasteiger partial charge in [-0.1, -0.05) is 30.3 Å². The number of carbonyl (C=O) groups is 5. The molecule has 0 bridgehead atoms. The zero-order valence-electron chi connectivity index (χ0n) is 16.6. The lowest BCUT2D eigenvalue weighted by Gasteiger charge is -2.26. The van der Waals surface area contributed by atoms with Crippen LogP contribution in [0.4, 0.5) is 4.79 Å². The predicted octanol–water partition coefficient (Wildman–Crippen LogP) is 0.853. The molecule has 2 aliphatic rings. The number of benzene rings is 1. The van der Waals surface area contributed by atoms with E-state index in [0.29, 0.717) is 24.4 Å². The molecule has 1 aromatic rings. The molecule has 4 amide bonds. The molecule has 0 unspecified atom stereocenters. The Balaban J connectivity index is 1.51. The van der Waals surface area contributed by atoms with Crippen LogP contribution < -0.4 is 0 Å². The summed E-state index contributed by atoms with van der Waals surface area (Å²) in [4.78, 5) is 67.8. The van der Waals surface area contributed by atoms with Gasteiger partial charge in [-0.2, -0.15) is 0 Å². The fourth-order valence-corrected chi connectivity index (χ4v) is 3.31. The Morgan fingerprint density at radius 1 is 1.10 bits per heavy atom. The summed E-state index contributed by atoms with van der Waals surface area (Å²) in [7, 11) is 1.43. The first-order valence-electron chi connectivity index (χ1n) is 9.65. The lowest BCUT2D eigenvalue weighted by Crippen LogP contribution is -2.48. The van der Waals surface area contributed by atoms with E-state index in [0.717, 1.165) is 10.5 Å².